The molecule has 1 amide bonds. The standard InChI is InChI=1S/C24H23ClFN3O3S2/c1-17-6-12-20(13-7-17)34(31,32)29(15-21-22(25)4-3-5-23(21)26)16-24(30)28-27-14-18-8-10-19(33-2)11-9-18/h3-14H,15-16H2,1-2H3,(H,28,30)/b27-14-. The zero-order valence-electron chi connectivity index (χ0n) is 18.5. The van der Waals surface area contributed by atoms with Crippen molar-refractivity contribution in [1.29, 1.82) is 0 Å². The number of thioether (sulfide) groups is 1. The maximum Gasteiger partial charge on any atom is 0.255 e. The lowest BCUT2D eigenvalue weighted by atomic mass is 10.2. The minimum absolute atomic E-state index is 0.0178. The molecule has 0 spiro atoms. The number of aryl methyl sites for hydroxylation is 1. The molecule has 0 heterocycles. The van der Waals surface area contributed by atoms with Gasteiger partial charge < -0.3 is 0 Å². The molecule has 34 heavy (non-hydrogen) atoms. The van der Waals surface area contributed by atoms with E-state index in [1.807, 2.05) is 37.4 Å². The van der Waals surface area contributed by atoms with Gasteiger partial charge in [0, 0.05) is 22.0 Å². The highest BCUT2D eigenvalue weighted by atomic mass is 35.5. The van der Waals surface area contributed by atoms with Crippen LogP contribution in [0.3, 0.4) is 0 Å². The van der Waals surface area contributed by atoms with E-state index in [2.05, 4.69) is 10.5 Å². The van der Waals surface area contributed by atoms with Crippen molar-refractivity contribution in [1.82, 2.24) is 9.73 Å². The lowest BCUT2D eigenvalue weighted by molar-refractivity contribution is -0.121. The molecule has 3 aromatic carbocycles. The number of nitrogens with zero attached hydrogens (tertiary/aromatic N) is 2. The summed E-state index contributed by atoms with van der Waals surface area (Å²) in [4.78, 5) is 13.6. The van der Waals surface area contributed by atoms with Crippen LogP contribution in [0.15, 0.2) is 81.6 Å². The van der Waals surface area contributed by atoms with E-state index in [1.54, 1.807) is 23.9 Å². The summed E-state index contributed by atoms with van der Waals surface area (Å²) < 4.78 is 41.9. The smallest absolute Gasteiger partial charge is 0.255 e. The number of hydrazone groups is 1. The zero-order chi connectivity index (χ0) is 24.7. The maximum atomic E-state index is 14.4. The molecule has 0 aliphatic carbocycles. The Morgan fingerprint density at radius 3 is 2.41 bits per heavy atom. The van der Waals surface area contributed by atoms with E-state index in [0.717, 1.165) is 20.3 Å². The number of carbonyl (C=O) groups excluding carboxylic acids is 1. The fraction of sp³-hybridized carbons (Fsp3) is 0.167. The first-order valence-electron chi connectivity index (χ1n) is 10.2. The Hall–Kier alpha value is -2.72. The van der Waals surface area contributed by atoms with Gasteiger partial charge in [-0.1, -0.05) is 47.5 Å². The molecule has 0 fully saturated rings. The van der Waals surface area contributed by atoms with Crippen molar-refractivity contribution in [2.45, 2.75) is 23.3 Å². The predicted molar refractivity (Wildman–Crippen MR) is 134 cm³/mol. The molecule has 0 unspecified atom stereocenters. The number of hydrogen-bond acceptors (Lipinski definition) is 5. The SMILES string of the molecule is CSc1ccc(/C=N\NC(=O)CN(Cc2c(F)cccc2Cl)S(=O)(=O)c2ccc(C)cc2)cc1. The van der Waals surface area contributed by atoms with Gasteiger partial charge in [0.05, 0.1) is 17.7 Å². The van der Waals surface area contributed by atoms with Gasteiger partial charge in [-0.3, -0.25) is 4.79 Å². The summed E-state index contributed by atoms with van der Waals surface area (Å²) >= 11 is 7.72. The third-order valence-electron chi connectivity index (χ3n) is 4.89. The van der Waals surface area contributed by atoms with Gasteiger partial charge in [-0.25, -0.2) is 18.2 Å². The van der Waals surface area contributed by atoms with E-state index in [9.17, 15) is 17.6 Å². The molecule has 0 radical (unpaired) electrons. The van der Waals surface area contributed by atoms with Crippen LogP contribution in [0.25, 0.3) is 0 Å². The third kappa shape index (κ3) is 6.66. The minimum atomic E-state index is -4.14. The van der Waals surface area contributed by atoms with Crippen LogP contribution in [0.4, 0.5) is 4.39 Å². The zero-order valence-corrected chi connectivity index (χ0v) is 20.9. The molecule has 0 saturated carbocycles. The summed E-state index contributed by atoms with van der Waals surface area (Å²) in [5, 5.41) is 3.97. The molecule has 0 atom stereocenters. The summed E-state index contributed by atoms with van der Waals surface area (Å²) in [6.07, 6.45) is 3.42. The summed E-state index contributed by atoms with van der Waals surface area (Å²) in [5.41, 5.74) is 3.95. The highest BCUT2D eigenvalue weighted by Crippen LogP contribution is 2.24. The first-order valence-corrected chi connectivity index (χ1v) is 13.2. The lowest BCUT2D eigenvalue weighted by Crippen LogP contribution is -2.39. The van der Waals surface area contributed by atoms with Crippen molar-refractivity contribution in [3.63, 3.8) is 0 Å². The van der Waals surface area contributed by atoms with Crippen LogP contribution < -0.4 is 5.43 Å². The van der Waals surface area contributed by atoms with Crippen molar-refractivity contribution < 1.29 is 17.6 Å². The largest absolute Gasteiger partial charge is 0.272 e. The number of rotatable bonds is 9. The number of carbonyl (C=O) groups is 1. The van der Waals surface area contributed by atoms with Crippen LogP contribution in [0.5, 0.6) is 0 Å². The summed E-state index contributed by atoms with van der Waals surface area (Å²) in [6.45, 7) is 0.825. The van der Waals surface area contributed by atoms with E-state index in [-0.39, 0.29) is 15.5 Å². The number of benzene rings is 3. The number of nitrogens with one attached hydrogen (secondary N) is 1. The maximum absolute atomic E-state index is 14.4. The van der Waals surface area contributed by atoms with Crippen molar-refractivity contribution in [3.05, 3.63) is 94.3 Å². The topological polar surface area (TPSA) is 78.8 Å². The van der Waals surface area contributed by atoms with Gasteiger partial charge in [0.15, 0.2) is 0 Å². The average molecular weight is 520 g/mol. The molecule has 3 aromatic rings. The van der Waals surface area contributed by atoms with Gasteiger partial charge in [-0.15, -0.1) is 11.8 Å². The van der Waals surface area contributed by atoms with Crippen LogP contribution in [-0.2, 0) is 21.4 Å². The Morgan fingerprint density at radius 2 is 1.79 bits per heavy atom. The van der Waals surface area contributed by atoms with Gasteiger partial charge in [0.2, 0.25) is 10.0 Å². The van der Waals surface area contributed by atoms with Crippen molar-refractivity contribution >= 4 is 45.5 Å². The minimum Gasteiger partial charge on any atom is -0.272 e. The second-order valence-electron chi connectivity index (χ2n) is 7.35. The van der Waals surface area contributed by atoms with Gasteiger partial charge >= 0.3 is 0 Å². The van der Waals surface area contributed by atoms with Gasteiger partial charge in [-0.2, -0.15) is 9.41 Å². The number of amides is 1. The predicted octanol–water partition coefficient (Wildman–Crippen LogP) is 4.85. The van der Waals surface area contributed by atoms with E-state index in [4.69, 9.17) is 11.6 Å². The summed E-state index contributed by atoms with van der Waals surface area (Å²) in [7, 11) is -4.14. The summed E-state index contributed by atoms with van der Waals surface area (Å²) in [5.74, 6) is -1.34. The van der Waals surface area contributed by atoms with E-state index in [0.29, 0.717) is 0 Å². The monoisotopic (exact) mass is 519 g/mol. The third-order valence-corrected chi connectivity index (χ3v) is 7.80. The molecular formula is C24H23ClFN3O3S2. The van der Waals surface area contributed by atoms with Crippen LogP contribution in [0.1, 0.15) is 16.7 Å². The molecule has 178 valence electrons. The van der Waals surface area contributed by atoms with Gasteiger partial charge in [0.1, 0.15) is 5.82 Å². The Kier molecular flexibility index (Phi) is 8.84. The van der Waals surface area contributed by atoms with Crippen LogP contribution >= 0.6 is 23.4 Å². The lowest BCUT2D eigenvalue weighted by Gasteiger charge is -2.22. The molecule has 6 nitrogen and oxygen atoms in total. The average Bonchev–Trinajstić information content (AvgIpc) is 2.81. The van der Waals surface area contributed by atoms with Crippen molar-refractivity contribution in [2.75, 3.05) is 12.8 Å². The van der Waals surface area contributed by atoms with Crippen LogP contribution in [-0.4, -0.2) is 37.6 Å². The van der Waals surface area contributed by atoms with Crippen molar-refractivity contribution in [3.8, 4) is 0 Å². The Labute approximate surface area is 207 Å². The molecule has 0 aliphatic heterocycles. The second-order valence-corrected chi connectivity index (χ2v) is 10.6. The van der Waals surface area contributed by atoms with Crippen LogP contribution in [0, 0.1) is 12.7 Å². The van der Waals surface area contributed by atoms with E-state index in [1.165, 1.54) is 36.5 Å². The number of hydrogen-bond donors (Lipinski definition) is 1. The molecule has 0 aromatic heterocycles. The summed E-state index contributed by atoms with van der Waals surface area (Å²) in [6, 6.07) is 17.8. The van der Waals surface area contributed by atoms with Crippen LogP contribution in [0.2, 0.25) is 5.02 Å². The van der Waals surface area contributed by atoms with E-state index < -0.39 is 34.8 Å². The van der Waals surface area contributed by atoms with E-state index >= 15 is 0 Å². The fourth-order valence-electron chi connectivity index (χ4n) is 3.01. The van der Waals surface area contributed by atoms with Crippen molar-refractivity contribution in [2.24, 2.45) is 5.10 Å². The quantitative estimate of drug-likeness (QED) is 0.249. The molecule has 0 aliphatic rings. The fourth-order valence-corrected chi connectivity index (χ4v) is 5.00. The number of halogens is 2. The molecule has 1 N–H and O–H groups in total. The van der Waals surface area contributed by atoms with Gasteiger partial charge in [-0.05, 0) is 55.1 Å². The normalized spacial score (nSPS) is 11.8. The highest BCUT2D eigenvalue weighted by Gasteiger charge is 2.28. The first kappa shape index (κ1) is 25.9. The molecule has 3 rings (SSSR count). The Balaban J connectivity index is 1.81. The molecule has 0 bridgehead atoms. The molecule has 10 heteroatoms. The van der Waals surface area contributed by atoms with Gasteiger partial charge in [0.25, 0.3) is 5.91 Å². The number of sulfonamides is 1. The first-order chi connectivity index (χ1) is 16.2. The molecule has 0 saturated heterocycles. The highest BCUT2D eigenvalue weighted by molar-refractivity contribution is 7.98. The Morgan fingerprint density at radius 1 is 1.12 bits per heavy atom. The second kappa shape index (κ2) is 11.6. The Bertz CT molecular complexity index is 1260. The molecular weight excluding hydrogens is 497 g/mol.